The summed E-state index contributed by atoms with van der Waals surface area (Å²) in [4.78, 5) is 35.4. The number of hydrazine groups is 1. The third-order valence-electron chi connectivity index (χ3n) is 6.35. The molecule has 39 heavy (non-hydrogen) atoms. The van der Waals surface area contributed by atoms with E-state index >= 15 is 0 Å². The fourth-order valence-electron chi connectivity index (χ4n) is 4.25. The zero-order valence-electron chi connectivity index (χ0n) is 21.0. The summed E-state index contributed by atoms with van der Waals surface area (Å²) in [5.74, 6) is -0.857. The Kier molecular flexibility index (Phi) is 6.17. The van der Waals surface area contributed by atoms with Gasteiger partial charge in [0.25, 0.3) is 11.8 Å². The van der Waals surface area contributed by atoms with Gasteiger partial charge in [0.2, 0.25) is 0 Å². The highest BCUT2D eigenvalue weighted by Gasteiger charge is 2.32. The molecule has 0 radical (unpaired) electrons. The van der Waals surface area contributed by atoms with Gasteiger partial charge in [-0.1, -0.05) is 0 Å². The summed E-state index contributed by atoms with van der Waals surface area (Å²) in [5.41, 5.74) is 6.89. The molecule has 4 aromatic heterocycles. The molecule has 0 atom stereocenters. The number of fused-ring (bicyclic) bond motifs is 3. The van der Waals surface area contributed by atoms with Crippen molar-refractivity contribution in [2.45, 2.75) is 12.7 Å². The van der Waals surface area contributed by atoms with Crippen LogP contribution in [0.1, 0.15) is 32.1 Å². The summed E-state index contributed by atoms with van der Waals surface area (Å²) in [6.45, 7) is -0.282. The first kappa shape index (κ1) is 25.6. The number of halogens is 3. The summed E-state index contributed by atoms with van der Waals surface area (Å²) < 4.78 is 42.1. The number of carbonyl (C=O) groups is 2. The number of anilines is 1. The average molecular weight is 538 g/mol. The van der Waals surface area contributed by atoms with E-state index < -0.39 is 23.6 Å². The third-order valence-corrected chi connectivity index (χ3v) is 6.35. The maximum atomic E-state index is 13.9. The maximum absolute atomic E-state index is 13.9. The fraction of sp³-hybridized carbons (Fsp3) is 0.200. The van der Waals surface area contributed by atoms with Crippen molar-refractivity contribution < 1.29 is 22.8 Å². The van der Waals surface area contributed by atoms with Gasteiger partial charge >= 0.3 is 6.18 Å². The summed E-state index contributed by atoms with van der Waals surface area (Å²) >= 11 is 0. The van der Waals surface area contributed by atoms with Crippen LogP contribution in [-0.4, -0.2) is 58.4 Å². The van der Waals surface area contributed by atoms with Gasteiger partial charge in [0.15, 0.2) is 0 Å². The Morgan fingerprint density at radius 1 is 0.974 bits per heavy atom. The SMILES string of the molecule is CN(C(=O)c1ccnn1C)N(Cc1ccc(C(F)(F)F)cn1)C(=O)c1ccc2nc(N)c3cnn(C)c3c2c1. The molecule has 14 heteroatoms. The molecule has 0 saturated heterocycles. The summed E-state index contributed by atoms with van der Waals surface area (Å²) in [5, 5.41) is 11.7. The van der Waals surface area contributed by atoms with Crippen LogP contribution in [0.4, 0.5) is 19.0 Å². The van der Waals surface area contributed by atoms with Crippen molar-refractivity contribution in [3.05, 3.63) is 77.5 Å². The van der Waals surface area contributed by atoms with E-state index in [0.29, 0.717) is 33.8 Å². The molecule has 5 rings (SSSR count). The zero-order valence-corrected chi connectivity index (χ0v) is 21.0. The van der Waals surface area contributed by atoms with Crippen molar-refractivity contribution in [2.75, 3.05) is 12.8 Å². The largest absolute Gasteiger partial charge is 0.417 e. The van der Waals surface area contributed by atoms with Crippen LogP contribution in [0.25, 0.3) is 21.8 Å². The van der Waals surface area contributed by atoms with Crippen molar-refractivity contribution in [1.29, 1.82) is 0 Å². The van der Waals surface area contributed by atoms with E-state index in [1.807, 2.05) is 0 Å². The highest BCUT2D eigenvalue weighted by molar-refractivity contribution is 6.10. The molecule has 200 valence electrons. The Bertz CT molecular complexity index is 1730. The Balaban J connectivity index is 1.57. The van der Waals surface area contributed by atoms with E-state index in [1.54, 1.807) is 37.1 Å². The van der Waals surface area contributed by atoms with Crippen molar-refractivity contribution >= 4 is 39.4 Å². The van der Waals surface area contributed by atoms with Crippen LogP contribution in [0, 0.1) is 0 Å². The number of aromatic nitrogens is 6. The minimum Gasteiger partial charge on any atom is -0.383 e. The molecule has 2 N–H and O–H groups in total. The van der Waals surface area contributed by atoms with Crippen LogP contribution in [0.15, 0.2) is 55.0 Å². The third kappa shape index (κ3) is 4.60. The molecule has 0 aliphatic carbocycles. The molecule has 0 bridgehead atoms. The van der Waals surface area contributed by atoms with Crippen molar-refractivity contribution in [1.82, 2.24) is 39.5 Å². The first-order valence-corrected chi connectivity index (χ1v) is 11.6. The number of carbonyl (C=O) groups excluding carboxylic acids is 2. The lowest BCUT2D eigenvalue weighted by atomic mass is 10.1. The van der Waals surface area contributed by atoms with Gasteiger partial charge in [-0.15, -0.1) is 0 Å². The first-order valence-electron chi connectivity index (χ1n) is 11.6. The Morgan fingerprint density at radius 2 is 1.74 bits per heavy atom. The molecule has 2 amide bonds. The van der Waals surface area contributed by atoms with E-state index in [-0.39, 0.29) is 23.5 Å². The number of hydrogen-bond acceptors (Lipinski definition) is 7. The lowest BCUT2D eigenvalue weighted by molar-refractivity contribution is -0.137. The fourth-order valence-corrected chi connectivity index (χ4v) is 4.25. The predicted octanol–water partition coefficient (Wildman–Crippen LogP) is 3.18. The molecule has 0 unspecified atom stereocenters. The van der Waals surface area contributed by atoms with Gasteiger partial charge < -0.3 is 5.73 Å². The highest BCUT2D eigenvalue weighted by atomic mass is 19.4. The van der Waals surface area contributed by atoms with E-state index in [1.165, 1.54) is 30.1 Å². The quantitative estimate of drug-likeness (QED) is 0.349. The molecule has 4 heterocycles. The van der Waals surface area contributed by atoms with E-state index in [4.69, 9.17) is 5.73 Å². The molecule has 0 saturated carbocycles. The smallest absolute Gasteiger partial charge is 0.383 e. The Morgan fingerprint density at radius 3 is 2.38 bits per heavy atom. The monoisotopic (exact) mass is 537 g/mol. The highest BCUT2D eigenvalue weighted by Crippen LogP contribution is 2.30. The van der Waals surface area contributed by atoms with Gasteiger partial charge in [-0.25, -0.2) is 15.0 Å². The molecular weight excluding hydrogens is 515 g/mol. The van der Waals surface area contributed by atoms with E-state index in [2.05, 4.69) is 20.2 Å². The van der Waals surface area contributed by atoms with Gasteiger partial charge in [0.1, 0.15) is 11.5 Å². The maximum Gasteiger partial charge on any atom is 0.417 e. The minimum atomic E-state index is -4.56. The molecule has 0 aliphatic heterocycles. The number of nitrogens with zero attached hydrogens (tertiary/aromatic N) is 8. The number of hydrogen-bond donors (Lipinski definition) is 1. The number of nitrogens with two attached hydrogens (primary N) is 1. The number of aryl methyl sites for hydroxylation is 2. The number of benzene rings is 1. The molecule has 5 aromatic rings. The number of rotatable bonds is 4. The zero-order chi connectivity index (χ0) is 28.1. The molecule has 0 fully saturated rings. The Labute approximate surface area is 219 Å². The van der Waals surface area contributed by atoms with Crippen molar-refractivity contribution in [2.24, 2.45) is 14.1 Å². The minimum absolute atomic E-state index is 0.144. The lowest BCUT2D eigenvalue weighted by Crippen LogP contribution is -2.47. The number of alkyl halides is 3. The van der Waals surface area contributed by atoms with Crippen LogP contribution in [0.5, 0.6) is 0 Å². The second-order valence-electron chi connectivity index (χ2n) is 8.83. The molecule has 11 nitrogen and oxygen atoms in total. The molecule has 0 aliphatic rings. The second-order valence-corrected chi connectivity index (χ2v) is 8.83. The Hall–Kier alpha value is -5.01. The van der Waals surface area contributed by atoms with E-state index in [0.717, 1.165) is 22.2 Å². The summed E-state index contributed by atoms with van der Waals surface area (Å²) in [6.07, 6.45) is -0.862. The number of pyridine rings is 2. The average Bonchev–Trinajstić information content (AvgIpc) is 3.51. The van der Waals surface area contributed by atoms with E-state index in [9.17, 15) is 22.8 Å². The predicted molar refractivity (Wildman–Crippen MR) is 135 cm³/mol. The molecule has 0 spiro atoms. The van der Waals surface area contributed by atoms with Crippen molar-refractivity contribution in [3.8, 4) is 0 Å². The normalized spacial score (nSPS) is 11.7. The lowest BCUT2D eigenvalue weighted by Gasteiger charge is -2.32. The summed E-state index contributed by atoms with van der Waals surface area (Å²) in [6, 6.07) is 8.31. The number of nitrogen functional groups attached to an aromatic ring is 1. The van der Waals surface area contributed by atoms with Crippen LogP contribution in [0.2, 0.25) is 0 Å². The van der Waals surface area contributed by atoms with Crippen LogP contribution >= 0.6 is 0 Å². The van der Waals surface area contributed by atoms with Gasteiger partial charge in [0, 0.05) is 44.5 Å². The second kappa shape index (κ2) is 9.38. The van der Waals surface area contributed by atoms with Gasteiger partial charge in [-0.3, -0.25) is 23.9 Å². The van der Waals surface area contributed by atoms with Crippen LogP contribution in [-0.2, 0) is 26.8 Å². The molecule has 1 aromatic carbocycles. The van der Waals surface area contributed by atoms with Crippen LogP contribution < -0.4 is 5.73 Å². The number of amides is 2. The topological polar surface area (TPSA) is 128 Å². The van der Waals surface area contributed by atoms with Gasteiger partial charge in [-0.2, -0.15) is 23.4 Å². The molecular formula is C25H22F3N9O2. The van der Waals surface area contributed by atoms with Crippen molar-refractivity contribution in [3.63, 3.8) is 0 Å². The van der Waals surface area contributed by atoms with Crippen LogP contribution in [0.3, 0.4) is 0 Å². The summed E-state index contributed by atoms with van der Waals surface area (Å²) in [7, 11) is 4.70. The first-order chi connectivity index (χ1) is 18.5. The van der Waals surface area contributed by atoms with Gasteiger partial charge in [-0.05, 0) is 36.4 Å². The van der Waals surface area contributed by atoms with Gasteiger partial charge in [0.05, 0.1) is 40.4 Å². The standard InChI is InChI=1S/C25H22F3N9O2/c1-34-20(8-9-31-34)24(39)36(3)37(13-16-6-5-15(11-30-16)25(26,27)28)23(38)14-4-7-19-17(10-14)21-18(22(29)33-19)12-32-35(21)2/h4-12H,13H2,1-3H3,(H2,29,33).